The zero-order valence-electron chi connectivity index (χ0n) is 11.1. The molecule has 2 rings (SSSR count). The van der Waals surface area contributed by atoms with Crippen LogP contribution in [0.25, 0.3) is 0 Å². The van der Waals surface area contributed by atoms with Crippen LogP contribution in [0, 0.1) is 11.6 Å². The second kappa shape index (κ2) is 5.41. The van der Waals surface area contributed by atoms with Crippen molar-refractivity contribution in [2.75, 3.05) is 4.90 Å². The molecular formula is C14H18F2N2S. The molecule has 5 heteroatoms. The van der Waals surface area contributed by atoms with Gasteiger partial charge >= 0.3 is 0 Å². The monoisotopic (exact) mass is 284 g/mol. The van der Waals surface area contributed by atoms with E-state index in [0.29, 0.717) is 0 Å². The molecule has 0 bridgehead atoms. The third kappa shape index (κ3) is 2.56. The SMILES string of the molecule is CCC1CCC(C)N1c1c(F)cc(C(N)=S)cc1F. The molecule has 1 saturated heterocycles. The van der Waals surface area contributed by atoms with Crippen LogP contribution in [0.2, 0.25) is 0 Å². The molecular weight excluding hydrogens is 266 g/mol. The molecule has 2 nitrogen and oxygen atoms in total. The molecule has 2 atom stereocenters. The minimum Gasteiger partial charge on any atom is -0.389 e. The Hall–Kier alpha value is -1.23. The smallest absolute Gasteiger partial charge is 0.150 e. The van der Waals surface area contributed by atoms with E-state index < -0.39 is 11.6 Å². The van der Waals surface area contributed by atoms with Crippen molar-refractivity contribution in [2.24, 2.45) is 5.73 Å². The second-order valence-electron chi connectivity index (χ2n) is 5.05. The summed E-state index contributed by atoms with van der Waals surface area (Å²) in [6.07, 6.45) is 2.79. The Bertz CT molecular complexity index is 481. The fourth-order valence-corrected chi connectivity index (χ4v) is 2.95. The summed E-state index contributed by atoms with van der Waals surface area (Å²) in [6, 6.07) is 2.77. The van der Waals surface area contributed by atoms with Gasteiger partial charge in [0.1, 0.15) is 22.3 Å². The molecule has 0 radical (unpaired) electrons. The highest BCUT2D eigenvalue weighted by atomic mass is 32.1. The zero-order valence-corrected chi connectivity index (χ0v) is 11.9. The summed E-state index contributed by atoms with van der Waals surface area (Å²) in [7, 11) is 0. The molecule has 0 saturated carbocycles. The Labute approximate surface area is 117 Å². The van der Waals surface area contributed by atoms with E-state index in [4.69, 9.17) is 18.0 Å². The summed E-state index contributed by atoms with van der Waals surface area (Å²) in [5.74, 6) is -1.18. The molecule has 0 aromatic heterocycles. The fraction of sp³-hybridized carbons (Fsp3) is 0.500. The lowest BCUT2D eigenvalue weighted by Crippen LogP contribution is -2.35. The molecule has 1 heterocycles. The van der Waals surface area contributed by atoms with E-state index in [0.717, 1.165) is 19.3 Å². The van der Waals surface area contributed by atoms with Crippen LogP contribution in [0.1, 0.15) is 38.7 Å². The molecule has 2 unspecified atom stereocenters. The average Bonchev–Trinajstić information content (AvgIpc) is 2.70. The van der Waals surface area contributed by atoms with Crippen LogP contribution in [-0.2, 0) is 0 Å². The van der Waals surface area contributed by atoms with Crippen LogP contribution in [0.3, 0.4) is 0 Å². The molecule has 1 aromatic rings. The Balaban J connectivity index is 2.47. The molecule has 104 valence electrons. The predicted octanol–water partition coefficient (Wildman–Crippen LogP) is 3.37. The number of benzene rings is 1. The van der Waals surface area contributed by atoms with E-state index >= 15 is 0 Å². The number of rotatable bonds is 3. The standard InChI is InChI=1S/C14H18F2N2S/c1-3-10-5-4-8(2)18(10)13-11(15)6-9(14(17)19)7-12(13)16/h6-8,10H,3-5H2,1-2H3,(H2,17,19). The van der Waals surface area contributed by atoms with Gasteiger partial charge in [0.25, 0.3) is 0 Å². The van der Waals surface area contributed by atoms with Crippen molar-refractivity contribution in [3.63, 3.8) is 0 Å². The lowest BCUT2D eigenvalue weighted by atomic mass is 10.1. The van der Waals surface area contributed by atoms with E-state index in [1.54, 1.807) is 0 Å². The summed E-state index contributed by atoms with van der Waals surface area (Å²) in [6.45, 7) is 4.03. The number of hydrogen-bond acceptors (Lipinski definition) is 2. The lowest BCUT2D eigenvalue weighted by Gasteiger charge is -2.31. The van der Waals surface area contributed by atoms with Gasteiger partial charge in [0.05, 0.1) is 0 Å². The number of nitrogens with zero attached hydrogens (tertiary/aromatic N) is 1. The van der Waals surface area contributed by atoms with E-state index in [2.05, 4.69) is 0 Å². The van der Waals surface area contributed by atoms with Gasteiger partial charge in [0.15, 0.2) is 0 Å². The van der Waals surface area contributed by atoms with Gasteiger partial charge in [-0.15, -0.1) is 0 Å². The van der Waals surface area contributed by atoms with Crippen molar-refractivity contribution in [2.45, 2.75) is 45.2 Å². The zero-order chi connectivity index (χ0) is 14.2. The van der Waals surface area contributed by atoms with E-state index in [1.165, 1.54) is 12.1 Å². The van der Waals surface area contributed by atoms with Crippen molar-refractivity contribution in [3.05, 3.63) is 29.3 Å². The van der Waals surface area contributed by atoms with Crippen molar-refractivity contribution in [3.8, 4) is 0 Å². The maximum Gasteiger partial charge on any atom is 0.150 e. The highest BCUT2D eigenvalue weighted by Gasteiger charge is 2.33. The van der Waals surface area contributed by atoms with Gasteiger partial charge in [-0.25, -0.2) is 8.78 Å². The van der Waals surface area contributed by atoms with Gasteiger partial charge in [-0.2, -0.15) is 0 Å². The van der Waals surface area contributed by atoms with Crippen LogP contribution in [0.4, 0.5) is 14.5 Å². The molecule has 1 aliphatic rings. The van der Waals surface area contributed by atoms with E-state index in [-0.39, 0.29) is 28.3 Å². The molecule has 1 fully saturated rings. The topological polar surface area (TPSA) is 29.3 Å². The molecule has 0 amide bonds. The minimum atomic E-state index is -0.588. The second-order valence-corrected chi connectivity index (χ2v) is 5.49. The molecule has 1 aromatic carbocycles. The van der Waals surface area contributed by atoms with E-state index in [9.17, 15) is 8.78 Å². The van der Waals surface area contributed by atoms with Gasteiger partial charge < -0.3 is 10.6 Å². The number of hydrogen-bond donors (Lipinski definition) is 1. The first-order valence-corrected chi connectivity index (χ1v) is 6.93. The first-order valence-electron chi connectivity index (χ1n) is 6.52. The predicted molar refractivity (Wildman–Crippen MR) is 77.5 cm³/mol. The molecule has 19 heavy (non-hydrogen) atoms. The summed E-state index contributed by atoms with van der Waals surface area (Å²) in [5, 5.41) is 0. The Kier molecular flexibility index (Phi) is 4.04. The minimum absolute atomic E-state index is 0.00543. The number of nitrogens with two attached hydrogens (primary N) is 1. The molecule has 0 aliphatic carbocycles. The first kappa shape index (κ1) is 14.2. The van der Waals surface area contributed by atoms with Crippen molar-refractivity contribution < 1.29 is 8.78 Å². The Morgan fingerprint density at radius 2 is 1.95 bits per heavy atom. The van der Waals surface area contributed by atoms with Crippen molar-refractivity contribution in [1.82, 2.24) is 0 Å². The largest absolute Gasteiger partial charge is 0.389 e. The highest BCUT2D eigenvalue weighted by Crippen LogP contribution is 2.35. The lowest BCUT2D eigenvalue weighted by molar-refractivity contribution is 0.543. The molecule has 2 N–H and O–H groups in total. The third-order valence-corrected chi connectivity index (χ3v) is 4.05. The van der Waals surface area contributed by atoms with Crippen LogP contribution in [0.15, 0.2) is 12.1 Å². The van der Waals surface area contributed by atoms with Gasteiger partial charge in [0.2, 0.25) is 0 Å². The first-order chi connectivity index (χ1) is 8.95. The van der Waals surface area contributed by atoms with Crippen molar-refractivity contribution >= 4 is 22.9 Å². The summed E-state index contributed by atoms with van der Waals surface area (Å²) in [4.78, 5) is 1.86. The summed E-state index contributed by atoms with van der Waals surface area (Å²) in [5.41, 5.74) is 5.70. The summed E-state index contributed by atoms with van der Waals surface area (Å²) >= 11 is 4.76. The van der Waals surface area contributed by atoms with Gasteiger partial charge in [0, 0.05) is 17.6 Å². The quantitative estimate of drug-likeness (QED) is 0.863. The van der Waals surface area contributed by atoms with Gasteiger partial charge in [-0.3, -0.25) is 0 Å². The Morgan fingerprint density at radius 3 is 2.42 bits per heavy atom. The molecule has 1 aliphatic heterocycles. The van der Waals surface area contributed by atoms with Gasteiger partial charge in [-0.05, 0) is 38.3 Å². The van der Waals surface area contributed by atoms with Crippen LogP contribution in [0.5, 0.6) is 0 Å². The van der Waals surface area contributed by atoms with Crippen LogP contribution >= 0.6 is 12.2 Å². The third-order valence-electron chi connectivity index (χ3n) is 3.82. The average molecular weight is 284 g/mol. The maximum atomic E-state index is 14.2. The van der Waals surface area contributed by atoms with Crippen LogP contribution in [-0.4, -0.2) is 17.1 Å². The van der Waals surface area contributed by atoms with Crippen LogP contribution < -0.4 is 10.6 Å². The normalized spacial score (nSPS) is 22.8. The maximum absolute atomic E-state index is 14.2. The molecule has 0 spiro atoms. The van der Waals surface area contributed by atoms with Crippen molar-refractivity contribution in [1.29, 1.82) is 0 Å². The van der Waals surface area contributed by atoms with Gasteiger partial charge in [-0.1, -0.05) is 19.1 Å². The number of anilines is 1. The van der Waals surface area contributed by atoms with E-state index in [1.807, 2.05) is 18.7 Å². The summed E-state index contributed by atoms with van der Waals surface area (Å²) < 4.78 is 28.4. The Morgan fingerprint density at radius 1 is 1.37 bits per heavy atom. The fourth-order valence-electron chi connectivity index (χ4n) is 2.83. The number of thiocarbonyl (C=S) groups is 1. The number of halogens is 2. The highest BCUT2D eigenvalue weighted by molar-refractivity contribution is 7.80.